The predicted octanol–water partition coefficient (Wildman–Crippen LogP) is 3.71. The maximum absolute atomic E-state index is 13.3. The molecular formula is C27H19N3O2S. The Bertz CT molecular complexity index is 1510. The molecule has 6 heteroatoms. The number of carbonyl (C=O) groups excluding carboxylic acids is 1. The molecule has 0 spiro atoms. The Morgan fingerprint density at radius 1 is 0.909 bits per heavy atom. The number of amides is 1. The zero-order valence-electron chi connectivity index (χ0n) is 17.5. The first kappa shape index (κ1) is 21.8. The minimum atomic E-state index is -0.569. The molecule has 0 saturated carbocycles. The number of carbonyl (C=O) groups is 1. The average molecular weight is 450 g/mol. The van der Waals surface area contributed by atoms with Crippen LogP contribution in [0.25, 0.3) is 23.4 Å². The maximum Gasteiger partial charge on any atom is 0.273 e. The fraction of sp³-hybridized carbons (Fsp3) is 0. The van der Waals surface area contributed by atoms with Crippen LogP contribution in [0.2, 0.25) is 0 Å². The van der Waals surface area contributed by atoms with Gasteiger partial charge < -0.3 is 5.32 Å². The lowest BCUT2D eigenvalue weighted by Gasteiger charge is -2.05. The van der Waals surface area contributed by atoms with Gasteiger partial charge in [-0.3, -0.25) is 14.2 Å². The van der Waals surface area contributed by atoms with E-state index in [9.17, 15) is 14.9 Å². The fourth-order valence-corrected chi connectivity index (χ4v) is 4.25. The van der Waals surface area contributed by atoms with Crippen LogP contribution < -0.4 is 20.1 Å². The lowest BCUT2D eigenvalue weighted by molar-refractivity contribution is -0.111. The molecule has 0 aliphatic carbocycles. The molecule has 1 heterocycles. The van der Waals surface area contributed by atoms with E-state index in [1.54, 1.807) is 60.7 Å². The number of anilines is 1. The van der Waals surface area contributed by atoms with Gasteiger partial charge in [0, 0.05) is 5.69 Å². The van der Waals surface area contributed by atoms with Crippen molar-refractivity contribution < 1.29 is 4.79 Å². The van der Waals surface area contributed by atoms with Gasteiger partial charge in [0.2, 0.25) is 0 Å². The summed E-state index contributed by atoms with van der Waals surface area (Å²) in [4.78, 5) is 26.2. The van der Waals surface area contributed by atoms with E-state index >= 15 is 0 Å². The first-order valence-corrected chi connectivity index (χ1v) is 11.0. The summed E-state index contributed by atoms with van der Waals surface area (Å²) in [7, 11) is 0. The van der Waals surface area contributed by atoms with Crippen LogP contribution in [0.15, 0.2) is 102 Å². The Hall–Kier alpha value is -4.47. The Morgan fingerprint density at radius 2 is 1.52 bits per heavy atom. The lowest BCUT2D eigenvalue weighted by Crippen LogP contribution is -2.32. The second kappa shape index (κ2) is 10.2. The van der Waals surface area contributed by atoms with Crippen LogP contribution in [-0.2, 0) is 4.79 Å². The van der Waals surface area contributed by atoms with Crippen molar-refractivity contribution in [2.75, 3.05) is 5.32 Å². The van der Waals surface area contributed by atoms with Crippen molar-refractivity contribution >= 4 is 40.7 Å². The third-order valence-electron chi connectivity index (χ3n) is 4.76. The standard InChI is InChI=1S/C27H19N3O2S/c28-19-23(25(31)29-21-14-6-2-7-15-21)27-30(22-16-8-3-9-17-22)26(32)24(33-27)18-10-13-20-11-4-1-5-12-20/h1-18H,(H,29,31)/b13-10+,24-18+,27-23+. The number of hydrogen-bond acceptors (Lipinski definition) is 4. The summed E-state index contributed by atoms with van der Waals surface area (Å²) in [5.74, 6) is -0.569. The molecule has 0 radical (unpaired) electrons. The quantitative estimate of drug-likeness (QED) is 0.505. The highest BCUT2D eigenvalue weighted by molar-refractivity contribution is 7.07. The van der Waals surface area contributed by atoms with Crippen molar-refractivity contribution in [3.8, 4) is 11.8 Å². The Balaban J connectivity index is 1.87. The normalized spacial score (nSPS) is 12.4. The van der Waals surface area contributed by atoms with Crippen molar-refractivity contribution in [1.29, 1.82) is 5.26 Å². The van der Waals surface area contributed by atoms with Gasteiger partial charge in [-0.05, 0) is 35.9 Å². The zero-order chi connectivity index (χ0) is 23.0. The monoisotopic (exact) mass is 449 g/mol. The van der Waals surface area contributed by atoms with E-state index in [2.05, 4.69) is 5.32 Å². The molecule has 4 rings (SSSR count). The van der Waals surface area contributed by atoms with E-state index in [4.69, 9.17) is 0 Å². The number of thiazole rings is 1. The first-order chi connectivity index (χ1) is 16.2. The Kier molecular flexibility index (Phi) is 6.74. The van der Waals surface area contributed by atoms with Gasteiger partial charge in [-0.15, -0.1) is 11.3 Å². The van der Waals surface area contributed by atoms with Crippen LogP contribution in [0, 0.1) is 11.3 Å². The lowest BCUT2D eigenvalue weighted by atomic mass is 10.2. The number of para-hydroxylation sites is 2. The molecule has 0 atom stereocenters. The van der Waals surface area contributed by atoms with Crippen molar-refractivity contribution in [2.24, 2.45) is 0 Å². The van der Waals surface area contributed by atoms with Crippen LogP contribution in [0.4, 0.5) is 5.69 Å². The highest BCUT2D eigenvalue weighted by atomic mass is 32.1. The topological polar surface area (TPSA) is 74.9 Å². The predicted molar refractivity (Wildman–Crippen MR) is 133 cm³/mol. The smallest absolute Gasteiger partial charge is 0.273 e. The number of benzene rings is 3. The molecule has 1 amide bonds. The minimum absolute atomic E-state index is 0.128. The summed E-state index contributed by atoms with van der Waals surface area (Å²) in [6.07, 6.45) is 5.38. The van der Waals surface area contributed by atoms with E-state index in [0.29, 0.717) is 15.9 Å². The van der Waals surface area contributed by atoms with Crippen LogP contribution in [-0.4, -0.2) is 10.5 Å². The Labute approximate surface area is 194 Å². The summed E-state index contributed by atoms with van der Waals surface area (Å²) in [6, 6.07) is 29.6. The summed E-state index contributed by atoms with van der Waals surface area (Å²) < 4.78 is 2.11. The van der Waals surface area contributed by atoms with Gasteiger partial charge in [0.15, 0.2) is 5.57 Å². The highest BCUT2D eigenvalue weighted by Gasteiger charge is 2.17. The van der Waals surface area contributed by atoms with Crippen LogP contribution in [0.3, 0.4) is 0 Å². The van der Waals surface area contributed by atoms with Crippen molar-refractivity contribution in [3.63, 3.8) is 0 Å². The molecule has 1 aromatic heterocycles. The van der Waals surface area contributed by atoms with E-state index in [-0.39, 0.29) is 15.8 Å². The number of hydrogen-bond donors (Lipinski definition) is 1. The largest absolute Gasteiger partial charge is 0.321 e. The van der Waals surface area contributed by atoms with Crippen molar-refractivity contribution in [1.82, 2.24) is 4.57 Å². The van der Waals surface area contributed by atoms with E-state index in [1.807, 2.05) is 54.6 Å². The molecule has 160 valence electrons. The van der Waals surface area contributed by atoms with Gasteiger partial charge in [0.1, 0.15) is 10.7 Å². The van der Waals surface area contributed by atoms with Gasteiger partial charge in [-0.25, -0.2) is 0 Å². The number of rotatable bonds is 5. The van der Waals surface area contributed by atoms with Crippen molar-refractivity contribution in [3.05, 3.63) is 122 Å². The number of nitrogens with zero attached hydrogens (tertiary/aromatic N) is 2. The number of aromatic nitrogens is 1. The molecule has 0 aliphatic rings. The van der Waals surface area contributed by atoms with Gasteiger partial charge in [-0.1, -0.05) is 78.9 Å². The number of nitriles is 1. The summed E-state index contributed by atoms with van der Waals surface area (Å²) in [6.45, 7) is 0. The fourth-order valence-electron chi connectivity index (χ4n) is 3.20. The Morgan fingerprint density at radius 3 is 2.15 bits per heavy atom. The molecule has 0 aliphatic heterocycles. The van der Waals surface area contributed by atoms with Gasteiger partial charge in [-0.2, -0.15) is 5.26 Å². The molecule has 33 heavy (non-hydrogen) atoms. The molecule has 3 aromatic carbocycles. The van der Waals surface area contributed by atoms with Gasteiger partial charge >= 0.3 is 0 Å². The molecule has 0 bridgehead atoms. The SMILES string of the molecule is N#C/C(C(=O)Nc1ccccc1)=c1\s/c(=C/C=C/c2ccccc2)c(=O)n1-c1ccccc1. The van der Waals surface area contributed by atoms with Crippen LogP contribution in [0.5, 0.6) is 0 Å². The second-order valence-corrected chi connectivity index (χ2v) is 8.02. The summed E-state index contributed by atoms with van der Waals surface area (Å²) >= 11 is 1.11. The molecule has 0 fully saturated rings. The number of nitrogens with one attached hydrogen (secondary N) is 1. The minimum Gasteiger partial charge on any atom is -0.321 e. The molecule has 1 N–H and O–H groups in total. The van der Waals surface area contributed by atoms with E-state index in [1.165, 1.54) is 4.57 Å². The van der Waals surface area contributed by atoms with Gasteiger partial charge in [0.25, 0.3) is 11.5 Å². The third-order valence-corrected chi connectivity index (χ3v) is 5.87. The second-order valence-electron chi connectivity index (χ2n) is 6.99. The average Bonchev–Trinajstić information content (AvgIpc) is 3.17. The molecule has 5 nitrogen and oxygen atoms in total. The highest BCUT2D eigenvalue weighted by Crippen LogP contribution is 2.08. The summed E-state index contributed by atoms with van der Waals surface area (Å²) in [5, 5.41) is 12.6. The van der Waals surface area contributed by atoms with Crippen molar-refractivity contribution in [2.45, 2.75) is 0 Å². The molecule has 0 saturated heterocycles. The molecular weight excluding hydrogens is 430 g/mol. The van der Waals surface area contributed by atoms with Crippen LogP contribution in [0.1, 0.15) is 5.56 Å². The zero-order valence-corrected chi connectivity index (χ0v) is 18.3. The van der Waals surface area contributed by atoms with E-state index < -0.39 is 5.91 Å². The third kappa shape index (κ3) is 5.06. The first-order valence-electron chi connectivity index (χ1n) is 10.2. The van der Waals surface area contributed by atoms with Crippen LogP contribution >= 0.6 is 11.3 Å². The van der Waals surface area contributed by atoms with Gasteiger partial charge in [0.05, 0.1) is 10.2 Å². The number of allylic oxidation sites excluding steroid dienone is 1. The molecule has 0 unspecified atom stereocenters. The summed E-state index contributed by atoms with van der Waals surface area (Å²) in [5.41, 5.74) is 1.73. The van der Waals surface area contributed by atoms with E-state index in [0.717, 1.165) is 16.9 Å². The maximum atomic E-state index is 13.3. The molecule has 4 aromatic rings.